The summed E-state index contributed by atoms with van der Waals surface area (Å²) in [5.41, 5.74) is 0.720. The first-order valence-corrected chi connectivity index (χ1v) is 5.62. The van der Waals surface area contributed by atoms with E-state index in [1.165, 1.54) is 12.0 Å². The molecular formula is C13H17NO4. The largest absolute Gasteiger partial charge is 0.508 e. The first kappa shape index (κ1) is 14.0. The molecule has 0 aliphatic rings. The number of hydrogen-bond donors (Lipinski definition) is 1. The summed E-state index contributed by atoms with van der Waals surface area (Å²) in [6.07, 6.45) is 0.683. The first-order valence-electron chi connectivity index (χ1n) is 5.62. The zero-order valence-corrected chi connectivity index (χ0v) is 10.5. The smallest absolute Gasteiger partial charge is 0.325 e. The maximum atomic E-state index is 11.7. The fourth-order valence-corrected chi connectivity index (χ4v) is 1.50. The van der Waals surface area contributed by atoms with Crippen LogP contribution < -0.4 is 0 Å². The SMILES string of the molecule is COC(=O)CN(C)C(=O)CCc1ccccc1O. The topological polar surface area (TPSA) is 66.8 Å². The summed E-state index contributed by atoms with van der Waals surface area (Å²) in [6.45, 7) is -0.0594. The number of carbonyl (C=O) groups is 2. The van der Waals surface area contributed by atoms with E-state index in [9.17, 15) is 14.7 Å². The van der Waals surface area contributed by atoms with Crippen LogP contribution in [0.15, 0.2) is 24.3 Å². The van der Waals surface area contributed by atoms with Crippen molar-refractivity contribution in [2.45, 2.75) is 12.8 Å². The number of aromatic hydroxyl groups is 1. The van der Waals surface area contributed by atoms with Gasteiger partial charge in [0, 0.05) is 13.5 Å². The molecule has 0 fully saturated rings. The number of rotatable bonds is 5. The predicted octanol–water partition coefficient (Wildman–Crippen LogP) is 0.956. The third-order valence-corrected chi connectivity index (χ3v) is 2.62. The molecule has 0 spiro atoms. The van der Waals surface area contributed by atoms with Gasteiger partial charge in [0.25, 0.3) is 0 Å². The van der Waals surface area contributed by atoms with Gasteiger partial charge in [0.05, 0.1) is 7.11 Å². The van der Waals surface area contributed by atoms with Gasteiger partial charge in [0.15, 0.2) is 0 Å². The van der Waals surface area contributed by atoms with Crippen molar-refractivity contribution in [1.82, 2.24) is 4.90 Å². The molecule has 0 saturated heterocycles. The molecule has 1 aromatic rings. The maximum absolute atomic E-state index is 11.7. The molecule has 0 heterocycles. The second-order valence-electron chi connectivity index (χ2n) is 3.95. The van der Waals surface area contributed by atoms with Gasteiger partial charge in [0.2, 0.25) is 5.91 Å². The Labute approximate surface area is 106 Å². The summed E-state index contributed by atoms with van der Waals surface area (Å²) in [4.78, 5) is 24.0. The molecule has 1 rings (SSSR count). The van der Waals surface area contributed by atoms with E-state index in [2.05, 4.69) is 4.74 Å². The number of phenols is 1. The van der Waals surface area contributed by atoms with Crippen molar-refractivity contribution < 1.29 is 19.4 Å². The van der Waals surface area contributed by atoms with Crippen LogP contribution in [0.4, 0.5) is 0 Å². The lowest BCUT2D eigenvalue weighted by Crippen LogP contribution is -2.32. The van der Waals surface area contributed by atoms with Crippen LogP contribution in [0.2, 0.25) is 0 Å². The number of hydrogen-bond acceptors (Lipinski definition) is 4. The highest BCUT2D eigenvalue weighted by Crippen LogP contribution is 2.17. The van der Waals surface area contributed by atoms with E-state index in [0.29, 0.717) is 6.42 Å². The molecule has 1 amide bonds. The Morgan fingerprint density at radius 3 is 2.61 bits per heavy atom. The number of nitrogens with zero attached hydrogens (tertiary/aromatic N) is 1. The van der Waals surface area contributed by atoms with E-state index in [-0.39, 0.29) is 24.6 Å². The minimum absolute atomic E-state index is 0.0594. The maximum Gasteiger partial charge on any atom is 0.325 e. The van der Waals surface area contributed by atoms with Crippen molar-refractivity contribution in [2.75, 3.05) is 20.7 Å². The second kappa shape index (κ2) is 6.64. The number of aryl methyl sites for hydroxylation is 1. The molecule has 18 heavy (non-hydrogen) atoms. The zero-order chi connectivity index (χ0) is 13.5. The highest BCUT2D eigenvalue weighted by Gasteiger charge is 2.13. The van der Waals surface area contributed by atoms with Crippen molar-refractivity contribution in [3.05, 3.63) is 29.8 Å². The number of benzene rings is 1. The number of ether oxygens (including phenoxy) is 1. The summed E-state index contributed by atoms with van der Waals surface area (Å²) < 4.78 is 4.48. The average Bonchev–Trinajstić information content (AvgIpc) is 2.37. The van der Waals surface area contributed by atoms with E-state index < -0.39 is 5.97 Å². The molecule has 0 aliphatic heterocycles. The Balaban J connectivity index is 2.46. The molecular weight excluding hydrogens is 234 g/mol. The van der Waals surface area contributed by atoms with Gasteiger partial charge in [0.1, 0.15) is 12.3 Å². The molecule has 1 aromatic carbocycles. The van der Waals surface area contributed by atoms with Crippen molar-refractivity contribution in [2.24, 2.45) is 0 Å². The molecule has 0 aromatic heterocycles. The molecule has 5 nitrogen and oxygen atoms in total. The van der Waals surface area contributed by atoms with Gasteiger partial charge in [-0.05, 0) is 18.1 Å². The van der Waals surface area contributed by atoms with E-state index in [1.807, 2.05) is 0 Å². The quantitative estimate of drug-likeness (QED) is 0.791. The molecule has 0 atom stereocenters. The standard InChI is InChI=1S/C13H17NO4/c1-14(9-13(17)18-2)12(16)8-7-10-5-3-4-6-11(10)15/h3-6,15H,7-9H2,1-2H3. The number of likely N-dealkylation sites (N-methyl/N-ethyl adjacent to an activating group) is 1. The average molecular weight is 251 g/mol. The van der Waals surface area contributed by atoms with E-state index in [0.717, 1.165) is 5.56 Å². The lowest BCUT2D eigenvalue weighted by molar-refractivity contribution is -0.146. The van der Waals surface area contributed by atoms with E-state index in [1.54, 1.807) is 31.3 Å². The minimum atomic E-state index is -0.451. The molecule has 98 valence electrons. The van der Waals surface area contributed by atoms with Gasteiger partial charge in [-0.2, -0.15) is 0 Å². The Hall–Kier alpha value is -2.04. The fraction of sp³-hybridized carbons (Fsp3) is 0.385. The van der Waals surface area contributed by atoms with Crippen molar-refractivity contribution >= 4 is 11.9 Å². The van der Waals surface area contributed by atoms with Crippen LogP contribution in [0, 0.1) is 0 Å². The number of esters is 1. The molecule has 0 aliphatic carbocycles. The van der Waals surface area contributed by atoms with Crippen LogP contribution in [-0.4, -0.2) is 42.6 Å². The molecule has 0 saturated carbocycles. The predicted molar refractivity (Wildman–Crippen MR) is 66.1 cm³/mol. The number of phenolic OH excluding ortho intramolecular Hbond substituents is 1. The summed E-state index contributed by atoms with van der Waals surface area (Å²) in [5, 5.41) is 9.55. The fourth-order valence-electron chi connectivity index (χ4n) is 1.50. The Morgan fingerprint density at radius 1 is 1.33 bits per heavy atom. The van der Waals surface area contributed by atoms with Crippen molar-refractivity contribution in [3.63, 3.8) is 0 Å². The summed E-state index contributed by atoms with van der Waals surface area (Å²) in [6, 6.07) is 6.88. The van der Waals surface area contributed by atoms with Crippen LogP contribution >= 0.6 is 0 Å². The summed E-state index contributed by atoms with van der Waals surface area (Å²) in [7, 11) is 2.83. The van der Waals surface area contributed by atoms with Gasteiger partial charge in [-0.25, -0.2) is 0 Å². The lowest BCUT2D eigenvalue weighted by Gasteiger charge is -2.15. The van der Waals surface area contributed by atoms with Gasteiger partial charge in [-0.15, -0.1) is 0 Å². The van der Waals surface area contributed by atoms with Crippen molar-refractivity contribution in [3.8, 4) is 5.75 Å². The van der Waals surface area contributed by atoms with E-state index >= 15 is 0 Å². The molecule has 0 radical (unpaired) electrons. The van der Waals surface area contributed by atoms with Crippen LogP contribution in [0.5, 0.6) is 5.75 Å². The van der Waals surface area contributed by atoms with Crippen LogP contribution in [0.25, 0.3) is 0 Å². The number of carbonyl (C=O) groups excluding carboxylic acids is 2. The molecule has 5 heteroatoms. The normalized spacial score (nSPS) is 9.89. The molecule has 0 bridgehead atoms. The summed E-state index contributed by atoms with van der Waals surface area (Å²) in [5.74, 6) is -0.432. The van der Waals surface area contributed by atoms with Crippen LogP contribution in [0.3, 0.4) is 0 Å². The van der Waals surface area contributed by atoms with Crippen LogP contribution in [0.1, 0.15) is 12.0 Å². The Morgan fingerprint density at radius 2 is 2.00 bits per heavy atom. The van der Waals surface area contributed by atoms with Gasteiger partial charge in [-0.1, -0.05) is 18.2 Å². The number of methoxy groups -OCH3 is 1. The molecule has 0 unspecified atom stereocenters. The molecule has 1 N–H and O–H groups in total. The number of amides is 1. The third kappa shape index (κ3) is 4.08. The van der Waals surface area contributed by atoms with Crippen LogP contribution in [-0.2, 0) is 20.7 Å². The Kier molecular flexibility index (Phi) is 5.17. The minimum Gasteiger partial charge on any atom is -0.508 e. The highest BCUT2D eigenvalue weighted by molar-refractivity contribution is 5.81. The van der Waals surface area contributed by atoms with Gasteiger partial charge < -0.3 is 14.7 Å². The van der Waals surface area contributed by atoms with Gasteiger partial charge in [-0.3, -0.25) is 9.59 Å². The highest BCUT2D eigenvalue weighted by atomic mass is 16.5. The van der Waals surface area contributed by atoms with E-state index in [4.69, 9.17) is 0 Å². The third-order valence-electron chi connectivity index (χ3n) is 2.62. The van der Waals surface area contributed by atoms with Crippen molar-refractivity contribution in [1.29, 1.82) is 0 Å². The monoisotopic (exact) mass is 251 g/mol. The number of para-hydroxylation sites is 1. The summed E-state index contributed by atoms with van der Waals surface area (Å²) >= 11 is 0. The zero-order valence-electron chi connectivity index (χ0n) is 10.5. The first-order chi connectivity index (χ1) is 8.54. The lowest BCUT2D eigenvalue weighted by atomic mass is 10.1. The second-order valence-corrected chi connectivity index (χ2v) is 3.95. The Bertz CT molecular complexity index is 431. The van der Waals surface area contributed by atoms with Gasteiger partial charge >= 0.3 is 5.97 Å².